The van der Waals surface area contributed by atoms with Crippen molar-refractivity contribution in [2.45, 2.75) is 31.9 Å². The van der Waals surface area contributed by atoms with E-state index in [4.69, 9.17) is 4.74 Å². The highest BCUT2D eigenvalue weighted by atomic mass is 16.5. The molecule has 5 heterocycles. The number of aromatic amines is 1. The molecule has 1 N–H and O–H groups in total. The molecule has 3 saturated heterocycles. The lowest BCUT2D eigenvalue weighted by Gasteiger charge is -2.49. The quantitative estimate of drug-likeness (QED) is 0.785. The number of pyridine rings is 1. The van der Waals surface area contributed by atoms with Crippen LogP contribution in [-0.4, -0.2) is 40.1 Å². The van der Waals surface area contributed by atoms with Gasteiger partial charge in [0, 0.05) is 28.7 Å². The fourth-order valence-electron chi connectivity index (χ4n) is 4.44. The van der Waals surface area contributed by atoms with Crippen molar-refractivity contribution in [3.8, 4) is 17.0 Å². The summed E-state index contributed by atoms with van der Waals surface area (Å²) >= 11 is 0. The smallest absolute Gasteiger partial charge is 0.138 e. The van der Waals surface area contributed by atoms with Crippen LogP contribution in [0.15, 0.2) is 48.8 Å². The molecule has 128 valence electrons. The first kappa shape index (κ1) is 15.0. The number of H-pyrrole nitrogens is 1. The summed E-state index contributed by atoms with van der Waals surface area (Å²) in [4.78, 5) is 10.4. The molecular weight excluding hydrogens is 310 g/mol. The zero-order valence-electron chi connectivity index (χ0n) is 14.5. The van der Waals surface area contributed by atoms with Crippen molar-refractivity contribution in [2.24, 2.45) is 5.92 Å². The molecule has 6 rings (SSSR count). The van der Waals surface area contributed by atoms with Crippen LogP contribution in [0.4, 0.5) is 0 Å². The Kier molecular flexibility index (Phi) is 3.52. The summed E-state index contributed by atoms with van der Waals surface area (Å²) in [7, 11) is 0. The predicted octanol–water partition coefficient (Wildman–Crippen LogP) is 4.09. The molecule has 0 amide bonds. The van der Waals surface area contributed by atoms with Gasteiger partial charge in [-0.15, -0.1) is 0 Å². The van der Waals surface area contributed by atoms with Crippen LogP contribution >= 0.6 is 0 Å². The van der Waals surface area contributed by atoms with Crippen molar-refractivity contribution >= 4 is 10.9 Å². The number of hydrogen-bond acceptors (Lipinski definition) is 3. The zero-order chi connectivity index (χ0) is 16.8. The number of hydrogen-bond donors (Lipinski definition) is 1. The highest BCUT2D eigenvalue weighted by molar-refractivity contribution is 5.84. The molecular formula is C21H23N3O. The van der Waals surface area contributed by atoms with Gasteiger partial charge in [0.1, 0.15) is 11.9 Å². The lowest BCUT2D eigenvalue weighted by Crippen LogP contribution is -2.58. The van der Waals surface area contributed by atoms with E-state index in [1.54, 1.807) is 0 Å². The average Bonchev–Trinajstić information content (AvgIpc) is 3.13. The van der Waals surface area contributed by atoms with Crippen molar-refractivity contribution in [3.63, 3.8) is 0 Å². The van der Waals surface area contributed by atoms with Gasteiger partial charge in [-0.05, 0) is 69.1 Å². The summed E-state index contributed by atoms with van der Waals surface area (Å²) in [6.07, 6.45) is 6.66. The highest BCUT2D eigenvalue weighted by Gasteiger charge is 2.41. The molecule has 0 aliphatic carbocycles. The van der Waals surface area contributed by atoms with Gasteiger partial charge in [0.15, 0.2) is 0 Å². The molecule has 2 aromatic heterocycles. The van der Waals surface area contributed by atoms with Gasteiger partial charge in [0.25, 0.3) is 0 Å². The number of piperidine rings is 3. The van der Waals surface area contributed by atoms with Crippen LogP contribution < -0.4 is 4.74 Å². The Labute approximate surface area is 147 Å². The van der Waals surface area contributed by atoms with E-state index in [-0.39, 0.29) is 0 Å². The second-order valence-corrected chi connectivity index (χ2v) is 7.36. The Balaban J connectivity index is 1.36. The second-order valence-electron chi connectivity index (χ2n) is 7.36. The van der Waals surface area contributed by atoms with Crippen molar-refractivity contribution < 1.29 is 4.74 Å². The number of nitrogens with zero attached hydrogens (tertiary/aromatic N) is 2. The van der Waals surface area contributed by atoms with E-state index in [9.17, 15) is 0 Å². The van der Waals surface area contributed by atoms with Crippen molar-refractivity contribution in [2.75, 3.05) is 13.1 Å². The van der Waals surface area contributed by atoms with Crippen LogP contribution in [0.2, 0.25) is 0 Å². The van der Waals surface area contributed by atoms with E-state index in [0.29, 0.717) is 18.1 Å². The SMILES string of the molecule is C[C@H]1[C@H](Oc2ccc(-c3ccc4[nH]ccc4c3)nc2)C2CCN1CC2. The Morgan fingerprint density at radius 1 is 1.12 bits per heavy atom. The molecule has 2 atom stereocenters. The summed E-state index contributed by atoms with van der Waals surface area (Å²) < 4.78 is 6.34. The molecule has 1 aromatic carbocycles. The third-order valence-electron chi connectivity index (χ3n) is 5.95. The first-order chi connectivity index (χ1) is 12.3. The Morgan fingerprint density at radius 2 is 2.00 bits per heavy atom. The molecule has 0 spiro atoms. The third kappa shape index (κ3) is 2.61. The fraction of sp³-hybridized carbons (Fsp3) is 0.381. The standard InChI is InChI=1S/C21H23N3O/c1-14-21(15-7-10-24(14)11-8-15)25-18-3-5-20(23-13-18)16-2-4-19-17(12-16)6-9-22-19/h2-6,9,12-15,21-22H,7-8,10-11H2,1H3/t14-,21-/m0/s1. The molecule has 3 aliphatic rings. The van der Waals surface area contributed by atoms with E-state index < -0.39 is 0 Å². The summed E-state index contributed by atoms with van der Waals surface area (Å²) in [5.41, 5.74) is 3.27. The molecule has 0 radical (unpaired) electrons. The normalized spacial score (nSPS) is 28.4. The van der Waals surface area contributed by atoms with Crippen LogP contribution in [0.1, 0.15) is 19.8 Å². The minimum atomic E-state index is 0.298. The topological polar surface area (TPSA) is 41.1 Å². The van der Waals surface area contributed by atoms with Crippen molar-refractivity contribution in [1.82, 2.24) is 14.9 Å². The van der Waals surface area contributed by atoms with Gasteiger partial charge in [0.05, 0.1) is 11.9 Å². The predicted molar refractivity (Wildman–Crippen MR) is 99.7 cm³/mol. The van der Waals surface area contributed by atoms with Crippen LogP contribution in [0.5, 0.6) is 5.75 Å². The van der Waals surface area contributed by atoms with Crippen LogP contribution in [0, 0.1) is 5.92 Å². The molecule has 25 heavy (non-hydrogen) atoms. The molecule has 4 nitrogen and oxygen atoms in total. The minimum absolute atomic E-state index is 0.298. The number of benzene rings is 1. The van der Waals surface area contributed by atoms with E-state index in [2.05, 4.69) is 58.2 Å². The molecule has 3 aromatic rings. The lowest BCUT2D eigenvalue weighted by atomic mass is 9.81. The number of fused-ring (bicyclic) bond motifs is 4. The zero-order valence-corrected chi connectivity index (χ0v) is 14.5. The van der Waals surface area contributed by atoms with E-state index >= 15 is 0 Å². The van der Waals surface area contributed by atoms with Crippen LogP contribution in [-0.2, 0) is 0 Å². The first-order valence-corrected chi connectivity index (χ1v) is 9.22. The maximum absolute atomic E-state index is 6.34. The van der Waals surface area contributed by atoms with Crippen LogP contribution in [0.3, 0.4) is 0 Å². The van der Waals surface area contributed by atoms with Crippen molar-refractivity contribution in [3.05, 3.63) is 48.8 Å². The van der Waals surface area contributed by atoms with Gasteiger partial charge in [-0.3, -0.25) is 9.88 Å². The van der Waals surface area contributed by atoms with E-state index in [1.165, 1.54) is 31.3 Å². The van der Waals surface area contributed by atoms with Gasteiger partial charge in [-0.2, -0.15) is 0 Å². The number of ether oxygens (including phenoxy) is 1. The van der Waals surface area contributed by atoms with Crippen molar-refractivity contribution in [1.29, 1.82) is 0 Å². The van der Waals surface area contributed by atoms with Gasteiger partial charge < -0.3 is 9.72 Å². The Bertz CT molecular complexity index is 876. The first-order valence-electron chi connectivity index (χ1n) is 9.22. The van der Waals surface area contributed by atoms with Gasteiger partial charge in [0.2, 0.25) is 0 Å². The molecule has 4 heteroatoms. The van der Waals surface area contributed by atoms with Crippen LogP contribution in [0.25, 0.3) is 22.2 Å². The molecule has 0 saturated carbocycles. The molecule has 2 bridgehead atoms. The van der Waals surface area contributed by atoms with Gasteiger partial charge in [-0.25, -0.2) is 0 Å². The number of rotatable bonds is 3. The average molecular weight is 333 g/mol. The maximum Gasteiger partial charge on any atom is 0.138 e. The number of aromatic nitrogens is 2. The van der Waals surface area contributed by atoms with E-state index in [0.717, 1.165) is 22.5 Å². The summed E-state index contributed by atoms with van der Waals surface area (Å²) in [5.74, 6) is 1.58. The van der Waals surface area contributed by atoms with Gasteiger partial charge in [-0.1, -0.05) is 6.07 Å². The second kappa shape index (κ2) is 5.88. The highest BCUT2D eigenvalue weighted by Crippen LogP contribution is 2.35. The summed E-state index contributed by atoms with van der Waals surface area (Å²) in [6, 6.07) is 13.1. The third-order valence-corrected chi connectivity index (χ3v) is 5.95. The fourth-order valence-corrected chi connectivity index (χ4v) is 4.44. The Hall–Kier alpha value is -2.33. The van der Waals surface area contributed by atoms with Gasteiger partial charge >= 0.3 is 0 Å². The van der Waals surface area contributed by atoms with E-state index in [1.807, 2.05) is 12.4 Å². The molecule has 3 fully saturated rings. The summed E-state index contributed by atoms with van der Waals surface area (Å²) in [5, 5.41) is 1.21. The lowest BCUT2D eigenvalue weighted by molar-refractivity contribution is -0.0508. The molecule has 3 aliphatic heterocycles. The number of nitrogens with one attached hydrogen (secondary N) is 1. The minimum Gasteiger partial charge on any atom is -0.487 e. The largest absolute Gasteiger partial charge is 0.487 e. The Morgan fingerprint density at radius 3 is 2.76 bits per heavy atom. The molecule has 0 unspecified atom stereocenters. The summed E-state index contributed by atoms with van der Waals surface area (Å²) in [6.45, 7) is 4.75. The maximum atomic E-state index is 6.34. The monoisotopic (exact) mass is 333 g/mol.